The first-order valence-electron chi connectivity index (χ1n) is 7.07. The van der Waals surface area contributed by atoms with E-state index in [0.29, 0.717) is 5.11 Å². The minimum absolute atomic E-state index is 0.700. The summed E-state index contributed by atoms with van der Waals surface area (Å²) in [6.07, 6.45) is 4.99. The zero-order valence-corrected chi connectivity index (χ0v) is 12.9. The Kier molecular flexibility index (Phi) is 5.40. The number of hydrazone groups is 1. The van der Waals surface area contributed by atoms with Crippen molar-refractivity contribution in [1.29, 1.82) is 0 Å². The molecule has 0 radical (unpaired) electrons. The monoisotopic (exact) mass is 291 g/mol. The molecule has 6 heteroatoms. The van der Waals surface area contributed by atoms with Gasteiger partial charge in [0.05, 0.1) is 11.4 Å². The van der Waals surface area contributed by atoms with Crippen LogP contribution in [-0.4, -0.2) is 39.0 Å². The molecule has 1 aliphatic heterocycles. The largest absolute Gasteiger partial charge is 0.348 e. The van der Waals surface area contributed by atoms with Crippen molar-refractivity contribution in [2.45, 2.75) is 39.5 Å². The first-order valence-corrected chi connectivity index (χ1v) is 7.47. The molecule has 1 aromatic heterocycles. The molecule has 20 heavy (non-hydrogen) atoms. The maximum atomic E-state index is 5.39. The normalized spacial score (nSPS) is 16.7. The SMILES string of the molecule is C/C(=N\NC(=S)N1CCCCCC1)c1ccc(C)nn1. The van der Waals surface area contributed by atoms with Gasteiger partial charge in [0.15, 0.2) is 5.11 Å². The predicted octanol–water partition coefficient (Wildman–Crippen LogP) is 2.26. The third kappa shape index (κ3) is 4.23. The van der Waals surface area contributed by atoms with Crippen molar-refractivity contribution in [3.63, 3.8) is 0 Å². The van der Waals surface area contributed by atoms with Crippen molar-refractivity contribution in [3.05, 3.63) is 23.5 Å². The molecule has 1 fully saturated rings. The van der Waals surface area contributed by atoms with Gasteiger partial charge in [-0.2, -0.15) is 10.2 Å². The molecule has 1 N–H and O–H groups in total. The summed E-state index contributed by atoms with van der Waals surface area (Å²) in [6.45, 7) is 5.85. The molecule has 0 aromatic carbocycles. The maximum absolute atomic E-state index is 5.39. The number of hydrogen-bond donors (Lipinski definition) is 1. The van der Waals surface area contributed by atoms with E-state index in [9.17, 15) is 0 Å². The van der Waals surface area contributed by atoms with Crippen molar-refractivity contribution in [3.8, 4) is 0 Å². The topological polar surface area (TPSA) is 53.4 Å². The number of nitrogens with zero attached hydrogens (tertiary/aromatic N) is 4. The Morgan fingerprint density at radius 1 is 1.20 bits per heavy atom. The van der Waals surface area contributed by atoms with Crippen LogP contribution in [-0.2, 0) is 0 Å². The van der Waals surface area contributed by atoms with Gasteiger partial charge in [0.25, 0.3) is 0 Å². The van der Waals surface area contributed by atoms with Gasteiger partial charge in [0, 0.05) is 13.1 Å². The number of aromatic nitrogens is 2. The second-order valence-electron chi connectivity index (χ2n) is 5.08. The van der Waals surface area contributed by atoms with E-state index in [1.54, 1.807) is 0 Å². The fraction of sp³-hybridized carbons (Fsp3) is 0.571. The van der Waals surface area contributed by atoms with Gasteiger partial charge < -0.3 is 4.90 Å². The number of thiocarbonyl (C=S) groups is 1. The zero-order valence-electron chi connectivity index (χ0n) is 12.1. The van der Waals surface area contributed by atoms with Crippen molar-refractivity contribution >= 4 is 23.0 Å². The van der Waals surface area contributed by atoms with Crippen LogP contribution >= 0.6 is 12.2 Å². The molecule has 1 saturated heterocycles. The fourth-order valence-electron chi connectivity index (χ4n) is 2.13. The molecular formula is C14H21N5S. The molecule has 0 amide bonds. The number of nitrogens with one attached hydrogen (secondary N) is 1. The van der Waals surface area contributed by atoms with E-state index in [4.69, 9.17) is 12.2 Å². The molecule has 2 rings (SSSR count). The van der Waals surface area contributed by atoms with E-state index < -0.39 is 0 Å². The highest BCUT2D eigenvalue weighted by molar-refractivity contribution is 7.80. The lowest BCUT2D eigenvalue weighted by atomic mass is 10.2. The summed E-state index contributed by atoms with van der Waals surface area (Å²) in [5.74, 6) is 0. The third-order valence-electron chi connectivity index (χ3n) is 3.38. The molecule has 0 spiro atoms. The van der Waals surface area contributed by atoms with E-state index >= 15 is 0 Å². The van der Waals surface area contributed by atoms with E-state index in [1.807, 2.05) is 26.0 Å². The Labute approximate surface area is 125 Å². The Hall–Kier alpha value is -1.56. The summed E-state index contributed by atoms with van der Waals surface area (Å²) in [6, 6.07) is 3.84. The molecule has 0 saturated carbocycles. The van der Waals surface area contributed by atoms with Crippen LogP contribution in [0.2, 0.25) is 0 Å². The minimum atomic E-state index is 0.700. The lowest BCUT2D eigenvalue weighted by molar-refractivity contribution is 0.428. The first kappa shape index (κ1) is 14.8. The Morgan fingerprint density at radius 3 is 2.50 bits per heavy atom. The van der Waals surface area contributed by atoms with Gasteiger partial charge in [0.1, 0.15) is 5.69 Å². The summed E-state index contributed by atoms with van der Waals surface area (Å²) in [5.41, 5.74) is 5.42. The van der Waals surface area contributed by atoms with Crippen LogP contribution < -0.4 is 5.43 Å². The summed E-state index contributed by atoms with van der Waals surface area (Å²) in [5, 5.41) is 13.1. The summed E-state index contributed by atoms with van der Waals surface area (Å²) in [7, 11) is 0. The fourth-order valence-corrected chi connectivity index (χ4v) is 2.35. The Balaban J connectivity index is 1.93. The average Bonchev–Trinajstić information content (AvgIpc) is 2.74. The molecule has 2 heterocycles. The molecule has 108 valence electrons. The quantitative estimate of drug-likeness (QED) is 0.514. The van der Waals surface area contributed by atoms with Crippen LogP contribution in [0.15, 0.2) is 17.2 Å². The second-order valence-corrected chi connectivity index (χ2v) is 5.46. The van der Waals surface area contributed by atoms with Crippen molar-refractivity contribution in [2.24, 2.45) is 5.10 Å². The highest BCUT2D eigenvalue weighted by Crippen LogP contribution is 2.09. The van der Waals surface area contributed by atoms with E-state index in [2.05, 4.69) is 25.6 Å². The highest BCUT2D eigenvalue weighted by atomic mass is 32.1. The van der Waals surface area contributed by atoms with Gasteiger partial charge >= 0.3 is 0 Å². The molecule has 1 aliphatic rings. The smallest absolute Gasteiger partial charge is 0.189 e. The Bertz CT molecular complexity index is 475. The number of likely N-dealkylation sites (tertiary alicyclic amines) is 1. The van der Waals surface area contributed by atoms with E-state index in [1.165, 1.54) is 25.7 Å². The lowest BCUT2D eigenvalue weighted by Crippen LogP contribution is -2.38. The molecule has 0 unspecified atom stereocenters. The van der Waals surface area contributed by atoms with Crippen LogP contribution in [0.4, 0.5) is 0 Å². The van der Waals surface area contributed by atoms with Crippen LogP contribution in [0, 0.1) is 6.92 Å². The summed E-state index contributed by atoms with van der Waals surface area (Å²) >= 11 is 5.39. The van der Waals surface area contributed by atoms with Crippen molar-refractivity contribution < 1.29 is 0 Å². The van der Waals surface area contributed by atoms with Crippen LogP contribution in [0.5, 0.6) is 0 Å². The molecule has 5 nitrogen and oxygen atoms in total. The lowest BCUT2D eigenvalue weighted by Gasteiger charge is -2.22. The highest BCUT2D eigenvalue weighted by Gasteiger charge is 2.11. The molecule has 0 atom stereocenters. The van der Waals surface area contributed by atoms with Gasteiger partial charge in [-0.1, -0.05) is 12.8 Å². The van der Waals surface area contributed by atoms with Gasteiger partial charge in [0.2, 0.25) is 0 Å². The van der Waals surface area contributed by atoms with Gasteiger partial charge in [-0.15, -0.1) is 5.10 Å². The molecular weight excluding hydrogens is 270 g/mol. The summed E-state index contributed by atoms with van der Waals surface area (Å²) in [4.78, 5) is 2.19. The minimum Gasteiger partial charge on any atom is -0.348 e. The van der Waals surface area contributed by atoms with E-state index in [0.717, 1.165) is 30.2 Å². The number of aryl methyl sites for hydroxylation is 1. The third-order valence-corrected chi connectivity index (χ3v) is 3.73. The maximum Gasteiger partial charge on any atom is 0.189 e. The van der Waals surface area contributed by atoms with Gasteiger partial charge in [-0.3, -0.25) is 5.43 Å². The number of hydrogen-bond acceptors (Lipinski definition) is 4. The second kappa shape index (κ2) is 7.28. The molecule has 0 aliphatic carbocycles. The number of rotatable bonds is 2. The van der Waals surface area contributed by atoms with Gasteiger partial charge in [-0.05, 0) is 51.0 Å². The first-order chi connectivity index (χ1) is 9.66. The van der Waals surface area contributed by atoms with E-state index in [-0.39, 0.29) is 0 Å². The van der Waals surface area contributed by atoms with Crippen LogP contribution in [0.1, 0.15) is 44.0 Å². The van der Waals surface area contributed by atoms with Gasteiger partial charge in [-0.25, -0.2) is 0 Å². The van der Waals surface area contributed by atoms with Crippen molar-refractivity contribution in [1.82, 2.24) is 20.5 Å². The van der Waals surface area contributed by atoms with Crippen molar-refractivity contribution in [2.75, 3.05) is 13.1 Å². The molecule has 1 aromatic rings. The zero-order chi connectivity index (χ0) is 14.4. The average molecular weight is 291 g/mol. The Morgan fingerprint density at radius 2 is 1.90 bits per heavy atom. The van der Waals surface area contributed by atoms with Crippen LogP contribution in [0.3, 0.4) is 0 Å². The standard InChI is InChI=1S/C14H21N5S/c1-11-7-8-13(17-15-11)12(2)16-18-14(20)19-9-5-3-4-6-10-19/h7-8H,3-6,9-10H2,1-2H3,(H,18,20)/b16-12+. The van der Waals surface area contributed by atoms with Crippen LogP contribution in [0.25, 0.3) is 0 Å². The predicted molar refractivity (Wildman–Crippen MR) is 84.8 cm³/mol. The molecule has 0 bridgehead atoms. The summed E-state index contributed by atoms with van der Waals surface area (Å²) < 4.78 is 0.